The molecule has 0 radical (unpaired) electrons. The number of fused-ring (bicyclic) bond motifs is 3. The number of hydrogen-bond donors (Lipinski definition) is 0. The Labute approximate surface area is 174 Å². The Balaban J connectivity index is 1.80. The van der Waals surface area contributed by atoms with Gasteiger partial charge in [-0.05, 0) is 61.2 Å². The van der Waals surface area contributed by atoms with Crippen LogP contribution in [0.25, 0.3) is 22.7 Å². The van der Waals surface area contributed by atoms with Gasteiger partial charge in [-0.25, -0.2) is 4.79 Å². The molecule has 3 heterocycles. The first-order valence-electron chi connectivity index (χ1n) is 9.94. The van der Waals surface area contributed by atoms with Crippen LogP contribution in [0.15, 0.2) is 33.5 Å². The van der Waals surface area contributed by atoms with E-state index in [2.05, 4.69) is 24.0 Å². The van der Waals surface area contributed by atoms with Crippen molar-refractivity contribution < 1.29 is 18.6 Å². The first-order valence-corrected chi connectivity index (χ1v) is 9.94. The molecule has 6 nitrogen and oxygen atoms in total. The lowest BCUT2D eigenvalue weighted by atomic mass is 9.98. The summed E-state index contributed by atoms with van der Waals surface area (Å²) >= 11 is 0. The third-order valence-electron chi connectivity index (χ3n) is 5.99. The fourth-order valence-corrected chi connectivity index (χ4v) is 4.21. The second-order valence-electron chi connectivity index (χ2n) is 7.83. The quantitative estimate of drug-likeness (QED) is 0.598. The topological polar surface area (TPSA) is 61.1 Å². The van der Waals surface area contributed by atoms with E-state index >= 15 is 0 Å². The zero-order chi connectivity index (χ0) is 21.0. The molecule has 0 saturated carbocycles. The molecule has 2 aliphatic rings. The molecule has 6 heteroatoms. The number of aryl methyl sites for hydroxylation is 2. The van der Waals surface area contributed by atoms with Crippen LogP contribution in [0.4, 0.5) is 0 Å². The third-order valence-corrected chi connectivity index (χ3v) is 5.99. The van der Waals surface area contributed by atoms with Gasteiger partial charge in [-0.2, -0.15) is 0 Å². The zero-order valence-electron chi connectivity index (χ0n) is 17.5. The average molecular weight is 405 g/mol. The van der Waals surface area contributed by atoms with E-state index in [0.717, 1.165) is 51.9 Å². The fourth-order valence-electron chi connectivity index (χ4n) is 4.21. The lowest BCUT2D eigenvalue weighted by Gasteiger charge is -2.22. The normalized spacial score (nSPS) is 15.1. The molecule has 3 aromatic rings. The highest BCUT2D eigenvalue weighted by atomic mass is 16.7. The van der Waals surface area contributed by atoms with Gasteiger partial charge in [0.1, 0.15) is 5.58 Å². The van der Waals surface area contributed by atoms with Gasteiger partial charge in [-0.1, -0.05) is 0 Å². The number of benzene rings is 2. The monoisotopic (exact) mass is 405 g/mol. The van der Waals surface area contributed by atoms with E-state index in [1.54, 1.807) is 13.2 Å². The Hall–Kier alpha value is -3.41. The van der Waals surface area contributed by atoms with Gasteiger partial charge in [0.15, 0.2) is 11.5 Å². The molecule has 0 N–H and O–H groups in total. The van der Waals surface area contributed by atoms with Crippen molar-refractivity contribution >= 4 is 22.7 Å². The van der Waals surface area contributed by atoms with Gasteiger partial charge in [0.05, 0.1) is 7.11 Å². The molecule has 0 aliphatic carbocycles. The number of ether oxygens (including phenoxy) is 3. The lowest BCUT2D eigenvalue weighted by Crippen LogP contribution is -2.19. The summed E-state index contributed by atoms with van der Waals surface area (Å²) in [5.74, 6) is 1.99. The van der Waals surface area contributed by atoms with E-state index < -0.39 is 0 Å². The summed E-state index contributed by atoms with van der Waals surface area (Å²) < 4.78 is 22.5. The lowest BCUT2D eigenvalue weighted by molar-refractivity contribution is 0.171. The second-order valence-corrected chi connectivity index (χ2v) is 7.83. The molecule has 2 aliphatic heterocycles. The van der Waals surface area contributed by atoms with Crippen molar-refractivity contribution in [1.82, 2.24) is 4.90 Å². The summed E-state index contributed by atoms with van der Waals surface area (Å²) in [5, 5.41) is 0.916. The van der Waals surface area contributed by atoms with Crippen LogP contribution in [0.3, 0.4) is 0 Å². The Bertz CT molecular complexity index is 1270. The van der Waals surface area contributed by atoms with Crippen molar-refractivity contribution in [3.8, 4) is 17.2 Å². The molecule has 0 amide bonds. The second kappa shape index (κ2) is 6.83. The molecule has 0 bridgehead atoms. The minimum Gasteiger partial charge on any atom is -0.492 e. The highest BCUT2D eigenvalue weighted by Crippen LogP contribution is 2.47. The van der Waals surface area contributed by atoms with Crippen LogP contribution in [0.5, 0.6) is 17.2 Å². The van der Waals surface area contributed by atoms with Crippen molar-refractivity contribution in [3.63, 3.8) is 0 Å². The van der Waals surface area contributed by atoms with Crippen LogP contribution >= 0.6 is 0 Å². The molecule has 0 unspecified atom stereocenters. The molecule has 0 saturated heterocycles. The van der Waals surface area contributed by atoms with Gasteiger partial charge in [0, 0.05) is 41.9 Å². The smallest absolute Gasteiger partial charge is 0.336 e. The maximum Gasteiger partial charge on any atom is 0.336 e. The Kier molecular flexibility index (Phi) is 4.24. The van der Waals surface area contributed by atoms with E-state index in [1.807, 2.05) is 26.1 Å². The minimum absolute atomic E-state index is 0.189. The van der Waals surface area contributed by atoms with Gasteiger partial charge in [-0.3, -0.25) is 0 Å². The Morgan fingerprint density at radius 1 is 1.07 bits per heavy atom. The maximum absolute atomic E-state index is 12.4. The summed E-state index contributed by atoms with van der Waals surface area (Å²) in [6.07, 6.45) is 2.89. The minimum atomic E-state index is -0.364. The highest BCUT2D eigenvalue weighted by molar-refractivity contribution is 5.96. The van der Waals surface area contributed by atoms with Crippen LogP contribution in [-0.2, 0) is 6.42 Å². The molecule has 154 valence electrons. The number of nitrogens with zero attached hydrogens (tertiary/aromatic N) is 1. The van der Waals surface area contributed by atoms with Crippen molar-refractivity contribution in [2.75, 3.05) is 27.5 Å². The molecular weight excluding hydrogens is 382 g/mol. The van der Waals surface area contributed by atoms with Crippen LogP contribution < -0.4 is 19.8 Å². The number of rotatable bonds is 2. The number of likely N-dealkylation sites (N-methyl/N-ethyl adjacent to an activating group) is 1. The van der Waals surface area contributed by atoms with Gasteiger partial charge >= 0.3 is 5.63 Å². The summed E-state index contributed by atoms with van der Waals surface area (Å²) in [7, 11) is 3.67. The van der Waals surface area contributed by atoms with Crippen molar-refractivity contribution in [2.24, 2.45) is 0 Å². The molecule has 5 rings (SSSR count). The first kappa shape index (κ1) is 18.6. The predicted molar refractivity (Wildman–Crippen MR) is 115 cm³/mol. The molecule has 0 fully saturated rings. The van der Waals surface area contributed by atoms with Gasteiger partial charge in [-0.15, -0.1) is 0 Å². The summed E-state index contributed by atoms with van der Waals surface area (Å²) in [5.41, 5.74) is 6.32. The van der Waals surface area contributed by atoms with E-state index in [9.17, 15) is 4.79 Å². The Morgan fingerprint density at radius 3 is 2.67 bits per heavy atom. The number of methoxy groups -OCH3 is 1. The number of hydrogen-bond acceptors (Lipinski definition) is 6. The van der Waals surface area contributed by atoms with Gasteiger partial charge in [0.25, 0.3) is 0 Å². The summed E-state index contributed by atoms with van der Waals surface area (Å²) in [4.78, 5) is 14.5. The van der Waals surface area contributed by atoms with Crippen molar-refractivity contribution in [1.29, 1.82) is 0 Å². The third kappa shape index (κ3) is 2.83. The molecule has 0 spiro atoms. The van der Waals surface area contributed by atoms with Crippen LogP contribution in [0.1, 0.15) is 27.8 Å². The predicted octanol–water partition coefficient (Wildman–Crippen LogP) is 4.13. The molecule has 30 heavy (non-hydrogen) atoms. The van der Waals surface area contributed by atoms with Crippen LogP contribution in [0.2, 0.25) is 0 Å². The molecular formula is C24H23NO5. The first-order chi connectivity index (χ1) is 14.5. The average Bonchev–Trinajstić information content (AvgIpc) is 3.12. The summed E-state index contributed by atoms with van der Waals surface area (Å²) in [6.45, 7) is 5.05. The zero-order valence-corrected chi connectivity index (χ0v) is 17.5. The van der Waals surface area contributed by atoms with Crippen LogP contribution in [-0.4, -0.2) is 32.4 Å². The fraction of sp³-hybridized carbons (Fsp3) is 0.292. The van der Waals surface area contributed by atoms with Crippen molar-refractivity contribution in [3.05, 3.63) is 62.5 Å². The molecule has 2 aromatic carbocycles. The maximum atomic E-state index is 12.4. The standard InChI is InChI=1S/C24H23NO5/c1-13-7-18-17(11-22(26)30-20(18)8-14(13)2)19-10-16-15(5-6-25(19)3)9-21-24(23(16)27-4)29-12-28-21/h7-11H,5-6,12H2,1-4H3. The van der Waals surface area contributed by atoms with E-state index in [0.29, 0.717) is 22.8 Å². The molecule has 0 atom stereocenters. The van der Waals surface area contributed by atoms with E-state index in [1.165, 1.54) is 0 Å². The van der Waals surface area contributed by atoms with Crippen molar-refractivity contribution in [2.45, 2.75) is 20.3 Å². The van der Waals surface area contributed by atoms with Crippen LogP contribution in [0, 0.1) is 13.8 Å². The highest BCUT2D eigenvalue weighted by Gasteiger charge is 2.27. The van der Waals surface area contributed by atoms with E-state index in [-0.39, 0.29) is 12.4 Å². The molecule has 1 aromatic heterocycles. The SMILES string of the molecule is COc1c2c(cc3c1OCO3)CCN(C)C(c1cc(=O)oc3cc(C)c(C)cc13)=C2. The summed E-state index contributed by atoms with van der Waals surface area (Å²) in [6, 6.07) is 7.61. The Morgan fingerprint density at radius 2 is 1.87 bits per heavy atom. The van der Waals surface area contributed by atoms with Gasteiger partial charge in [0.2, 0.25) is 12.5 Å². The van der Waals surface area contributed by atoms with Gasteiger partial charge < -0.3 is 23.5 Å². The van der Waals surface area contributed by atoms with E-state index in [4.69, 9.17) is 18.6 Å². The largest absolute Gasteiger partial charge is 0.492 e.